The first-order valence-electron chi connectivity index (χ1n) is 14.8. The summed E-state index contributed by atoms with van der Waals surface area (Å²) < 4.78 is 61.0. The molecule has 0 aliphatic carbocycles. The van der Waals surface area contributed by atoms with E-state index in [2.05, 4.69) is 4.72 Å². The second-order valence-electron chi connectivity index (χ2n) is 11.5. The zero-order valence-electron chi connectivity index (χ0n) is 27.7. The first-order chi connectivity index (χ1) is 22.2. The molecule has 0 spiro atoms. The number of hydrogen-bond acceptors (Lipinski definition) is 8. The monoisotopic (exact) mass is 714 g/mol. The summed E-state index contributed by atoms with van der Waals surface area (Å²) in [6, 6.07) is 16.1. The van der Waals surface area contributed by atoms with Crippen LogP contribution in [0.1, 0.15) is 60.6 Å². The fourth-order valence-electron chi connectivity index (χ4n) is 5.48. The zero-order valence-corrected chi connectivity index (χ0v) is 32.5. The number of carbonyl (C=O) groups excluding carboxylic acids is 2. The van der Waals surface area contributed by atoms with E-state index in [9.17, 15) is 47.2 Å². The molecule has 0 aliphatic rings. The number of aromatic nitrogens is 1. The molecule has 49 heavy (non-hydrogen) atoms. The van der Waals surface area contributed by atoms with Crippen molar-refractivity contribution in [3.63, 3.8) is 0 Å². The maximum Gasteiger partial charge on any atom is 1.00 e. The molecular weight excluding hydrogens is 680 g/mol. The van der Waals surface area contributed by atoms with Gasteiger partial charge in [0, 0.05) is 36.7 Å². The number of carbonyl (C=O) groups is 2. The molecule has 3 N–H and O–H groups in total. The molecule has 2 unspecified atom stereocenters. The van der Waals surface area contributed by atoms with Crippen molar-refractivity contribution < 1.29 is 106 Å². The third-order valence-electron chi connectivity index (χ3n) is 7.61. The number of aliphatic hydroxyl groups excluding tert-OH is 2. The first kappa shape index (κ1) is 42.7. The van der Waals surface area contributed by atoms with Crippen molar-refractivity contribution >= 4 is 22.0 Å². The third kappa shape index (κ3) is 11.0. The van der Waals surface area contributed by atoms with Crippen LogP contribution in [0, 0.1) is 11.6 Å². The van der Waals surface area contributed by atoms with E-state index in [0.717, 1.165) is 0 Å². The van der Waals surface area contributed by atoms with Gasteiger partial charge in [0.2, 0.25) is 10.0 Å². The van der Waals surface area contributed by atoms with E-state index >= 15 is 0 Å². The molecule has 10 nitrogen and oxygen atoms in total. The largest absolute Gasteiger partial charge is 1.00 e. The van der Waals surface area contributed by atoms with Crippen LogP contribution in [0.15, 0.2) is 77.7 Å². The molecule has 3 aromatic carbocycles. The molecule has 0 saturated carbocycles. The summed E-state index contributed by atoms with van der Waals surface area (Å²) in [5, 5.41) is 42.8. The van der Waals surface area contributed by atoms with Crippen LogP contribution in [0.3, 0.4) is 0 Å². The Bertz CT molecular complexity index is 1830. The Morgan fingerprint density at radius 2 is 1.37 bits per heavy atom. The number of nitrogens with zero attached hydrogens (tertiary/aromatic N) is 1. The quantitative estimate of drug-likeness (QED) is 0.108. The van der Waals surface area contributed by atoms with Crippen LogP contribution in [0.25, 0.3) is 22.4 Å². The average Bonchev–Trinajstić information content (AvgIpc) is 3.36. The maximum atomic E-state index is 14.3. The fourth-order valence-corrected chi connectivity index (χ4v) is 7.08. The number of aliphatic carboxylic acids is 1. The normalized spacial score (nSPS) is 12.6. The van der Waals surface area contributed by atoms with Crippen molar-refractivity contribution in [1.82, 2.24) is 9.29 Å². The topological polar surface area (TPSA) is 172 Å². The number of carboxylic acid groups (broad SMARTS) is 2. The van der Waals surface area contributed by atoms with E-state index in [0.29, 0.717) is 28.1 Å². The Morgan fingerprint density at radius 3 is 1.86 bits per heavy atom. The number of aliphatic hydroxyl groups is 2. The summed E-state index contributed by atoms with van der Waals surface area (Å²) in [6.45, 7) is 3.34. The predicted molar refractivity (Wildman–Crippen MR) is 165 cm³/mol. The molecule has 0 bridgehead atoms. The van der Waals surface area contributed by atoms with Gasteiger partial charge in [0.1, 0.15) is 16.5 Å². The molecule has 4 rings (SSSR count). The molecule has 1 aromatic heterocycles. The number of hydrogen-bond donors (Lipinski definition) is 3. The molecule has 0 saturated heterocycles. The van der Waals surface area contributed by atoms with Gasteiger partial charge in [-0.3, -0.25) is 0 Å². The molecule has 2 atom stereocenters. The molecule has 0 fully saturated rings. The van der Waals surface area contributed by atoms with E-state index in [1.165, 1.54) is 72.8 Å². The Morgan fingerprint density at radius 1 is 0.837 bits per heavy atom. The van der Waals surface area contributed by atoms with Gasteiger partial charge in [-0.2, -0.15) is 0 Å². The summed E-state index contributed by atoms with van der Waals surface area (Å²) in [6.07, 6.45) is -3.50. The molecule has 250 valence electrons. The van der Waals surface area contributed by atoms with Crippen molar-refractivity contribution in [2.24, 2.45) is 0 Å². The van der Waals surface area contributed by atoms with Crippen molar-refractivity contribution in [2.75, 3.05) is 0 Å². The van der Waals surface area contributed by atoms with Crippen LogP contribution in [0.2, 0.25) is 0 Å². The number of rotatable bonds is 15. The number of benzene rings is 3. The Balaban J connectivity index is 0.00000417. The van der Waals surface area contributed by atoms with Crippen LogP contribution in [0.5, 0.6) is 0 Å². The Labute approximate surface area is 327 Å². The third-order valence-corrected chi connectivity index (χ3v) is 9.09. The summed E-state index contributed by atoms with van der Waals surface area (Å²) in [5.74, 6) is -4.39. The zero-order chi connectivity index (χ0) is 34.5. The van der Waals surface area contributed by atoms with Crippen molar-refractivity contribution in [3.8, 4) is 22.4 Å². The van der Waals surface area contributed by atoms with Crippen LogP contribution in [-0.2, 0) is 27.9 Å². The van der Waals surface area contributed by atoms with E-state index in [-0.39, 0.29) is 101 Å². The van der Waals surface area contributed by atoms with Gasteiger partial charge in [-0.25, -0.2) is 21.9 Å². The van der Waals surface area contributed by atoms with Gasteiger partial charge in [-0.1, -0.05) is 50.2 Å². The van der Waals surface area contributed by atoms with Gasteiger partial charge in [0.25, 0.3) is 0 Å². The minimum atomic E-state index is -4.38. The van der Waals surface area contributed by atoms with Gasteiger partial charge in [-0.15, -0.1) is 0 Å². The molecule has 1 heterocycles. The summed E-state index contributed by atoms with van der Waals surface area (Å²) in [4.78, 5) is 21.9. The standard InChI is InChI=1S/C34H36F2N2O8S.2Na/c1-20(2)31-33(47(45,46)37-19-21-3-5-24(6-4-21)34(43)44)30(22-7-11-25(35)12-8-22)32(23-9-13-26(36)14-10-23)38(31)16-15-27(39)17-28(40)18-29(41)42;;/h3-14,20,27-28,37,39-40H,15-19H2,1-2H3,(H,41,42)(H,43,44);;/q;2*+1/p-2. The molecule has 0 amide bonds. The van der Waals surface area contributed by atoms with Gasteiger partial charge in [0.05, 0.1) is 23.9 Å². The minimum Gasteiger partial charge on any atom is -0.550 e. The van der Waals surface area contributed by atoms with Crippen LogP contribution >= 0.6 is 0 Å². The summed E-state index contributed by atoms with van der Waals surface area (Å²) in [5.41, 5.74) is 2.03. The second kappa shape index (κ2) is 18.7. The number of nitrogens with one attached hydrogen (secondary N) is 1. The van der Waals surface area contributed by atoms with Crippen molar-refractivity contribution in [1.29, 1.82) is 0 Å². The number of carboxylic acids is 2. The SMILES string of the molecule is CC(C)c1c(S(=O)(=O)NCc2ccc(C(=O)[O-])cc2)c(-c2ccc(F)cc2)c(-c2ccc(F)cc2)n1CCC(O)CC(O)CC(=O)[O-].[Na+].[Na+]. The van der Waals surface area contributed by atoms with E-state index in [4.69, 9.17) is 0 Å². The van der Waals surface area contributed by atoms with E-state index in [1.54, 1.807) is 18.4 Å². The minimum absolute atomic E-state index is 0. The maximum absolute atomic E-state index is 14.3. The van der Waals surface area contributed by atoms with Crippen LogP contribution < -0.4 is 74.0 Å². The van der Waals surface area contributed by atoms with Gasteiger partial charge in [-0.05, 0) is 77.4 Å². The average molecular weight is 715 g/mol. The molecule has 15 heteroatoms. The number of sulfonamides is 1. The van der Waals surface area contributed by atoms with E-state index < -0.39 is 58.1 Å². The van der Waals surface area contributed by atoms with Crippen molar-refractivity contribution in [2.45, 2.75) is 69.2 Å². The van der Waals surface area contributed by atoms with Gasteiger partial charge < -0.3 is 34.6 Å². The number of aromatic carboxylic acids is 1. The molecule has 0 radical (unpaired) electrons. The van der Waals surface area contributed by atoms with Gasteiger partial charge in [0.15, 0.2) is 0 Å². The smallest absolute Gasteiger partial charge is 0.550 e. The Kier molecular flexibility index (Phi) is 16.3. The van der Waals surface area contributed by atoms with Gasteiger partial charge >= 0.3 is 59.1 Å². The van der Waals surface area contributed by atoms with E-state index in [1.807, 2.05) is 0 Å². The second-order valence-corrected chi connectivity index (χ2v) is 13.2. The fraction of sp³-hybridized carbons (Fsp3) is 0.294. The molecular formula is C34H34F2N2Na2O8S. The van der Waals surface area contributed by atoms with Crippen molar-refractivity contribution in [3.05, 3.63) is 101 Å². The number of halogens is 2. The summed E-state index contributed by atoms with van der Waals surface area (Å²) >= 11 is 0. The summed E-state index contributed by atoms with van der Waals surface area (Å²) in [7, 11) is -4.38. The predicted octanol–water partition coefficient (Wildman–Crippen LogP) is -3.28. The van der Waals surface area contributed by atoms with Crippen LogP contribution in [-0.4, -0.2) is 47.3 Å². The first-order valence-corrected chi connectivity index (χ1v) is 16.3. The molecule has 4 aromatic rings. The van der Waals surface area contributed by atoms with Crippen LogP contribution in [0.4, 0.5) is 8.78 Å². The Hall–Kier alpha value is -2.43. The molecule has 0 aliphatic heterocycles.